The summed E-state index contributed by atoms with van der Waals surface area (Å²) in [6, 6.07) is 37.1. The highest BCUT2D eigenvalue weighted by Crippen LogP contribution is 2.41. The van der Waals surface area contributed by atoms with Gasteiger partial charge in [0.2, 0.25) is 35.5 Å². The van der Waals surface area contributed by atoms with Crippen LogP contribution in [0.3, 0.4) is 0 Å². The Hall–Kier alpha value is -8.97. The van der Waals surface area contributed by atoms with E-state index in [0.29, 0.717) is 67.1 Å². The SMILES string of the molecule is CC1(C)OB(C2=CCOCC2)OC1(C)C.OCC1CCN(c2ncc(Br)c(OC3CN(c4ccc5ccccc5n4)C3)n2)CC1.OCC1CCN(c2ncc(C3=CCOCC3)c(OC3CN(c4ccc5ccccc5n4)C3)n2)CC1.OCC1CCN(c2ncc(C3CCOCC3)c(OC3CN(c4ccc5ccccc5n4)C3)n2)CC1. The number of aliphatic hydroxyl groups excluding tert-OH is 3. The van der Waals surface area contributed by atoms with Crippen molar-refractivity contribution in [2.75, 3.05) is 167 Å². The molecule has 0 amide bonds. The van der Waals surface area contributed by atoms with Gasteiger partial charge in [-0.2, -0.15) is 15.0 Å². The first-order chi connectivity index (χ1) is 56.1. The number of hydrogen-bond donors (Lipinski definition) is 3. The normalized spacial score (nSPS) is 20.6. The Bertz CT molecular complexity index is 4810. The van der Waals surface area contributed by atoms with Crippen LogP contribution in [-0.4, -0.2) is 235 Å². The second kappa shape index (κ2) is 36.7. The van der Waals surface area contributed by atoms with Crippen molar-refractivity contribution in [3.8, 4) is 17.6 Å². The molecule has 0 unspecified atom stereocenters. The van der Waals surface area contributed by atoms with E-state index >= 15 is 0 Å². The van der Waals surface area contributed by atoms with Gasteiger partial charge >= 0.3 is 7.12 Å². The number of halogens is 1. The molecule has 19 rings (SSSR count). The molecule has 8 fully saturated rings. The maximum Gasteiger partial charge on any atom is 0.490 e. The number of hydrogen-bond acceptors (Lipinski definition) is 26. The molecular formula is C87H107BBrN15O11. The van der Waals surface area contributed by atoms with E-state index in [4.69, 9.17) is 72.6 Å². The van der Waals surface area contributed by atoms with Gasteiger partial charge in [-0.05, 0) is 197 Å². The highest BCUT2D eigenvalue weighted by Gasteiger charge is 2.52. The molecule has 0 saturated carbocycles. The number of piperidine rings is 3. The Kier molecular flexibility index (Phi) is 25.5. The zero-order chi connectivity index (χ0) is 78.8. The summed E-state index contributed by atoms with van der Waals surface area (Å²) in [5.74, 6) is 8.55. The molecule has 9 aromatic rings. The highest BCUT2D eigenvalue weighted by atomic mass is 79.9. The molecule has 3 aromatic carbocycles. The third kappa shape index (κ3) is 19.2. The Balaban J connectivity index is 0.000000119. The van der Waals surface area contributed by atoms with E-state index in [1.165, 1.54) is 11.0 Å². The van der Waals surface area contributed by atoms with Crippen LogP contribution in [0.1, 0.15) is 109 Å². The van der Waals surface area contributed by atoms with Crippen LogP contribution in [0.5, 0.6) is 17.6 Å². The van der Waals surface area contributed by atoms with E-state index in [2.05, 4.69) is 156 Å². The van der Waals surface area contributed by atoms with E-state index in [0.717, 1.165) is 240 Å². The molecule has 26 nitrogen and oxygen atoms in total. The van der Waals surface area contributed by atoms with E-state index in [9.17, 15) is 15.3 Å². The minimum atomic E-state index is -0.239. The molecule has 28 heteroatoms. The first kappa shape index (κ1) is 79.9. The second-order valence-electron chi connectivity index (χ2n) is 32.6. The number of benzene rings is 3. The first-order valence-electron chi connectivity index (χ1n) is 41.3. The van der Waals surface area contributed by atoms with Crippen molar-refractivity contribution in [1.29, 1.82) is 0 Å². The Morgan fingerprint density at radius 3 is 1.26 bits per heavy atom. The second-order valence-corrected chi connectivity index (χ2v) is 33.5. The lowest BCUT2D eigenvalue weighted by molar-refractivity contribution is 0.00578. The van der Waals surface area contributed by atoms with E-state index in [1.807, 2.05) is 60.9 Å². The summed E-state index contributed by atoms with van der Waals surface area (Å²) < 4.78 is 48.2. The van der Waals surface area contributed by atoms with Crippen molar-refractivity contribution in [3.63, 3.8) is 0 Å². The quantitative estimate of drug-likeness (QED) is 0.0674. The molecule has 0 aliphatic carbocycles. The summed E-state index contributed by atoms with van der Waals surface area (Å²) in [7, 11) is -0.182. The van der Waals surface area contributed by atoms with Crippen molar-refractivity contribution in [1.82, 2.24) is 44.9 Å². The van der Waals surface area contributed by atoms with Gasteiger partial charge in [0.15, 0.2) is 0 Å². The minimum Gasteiger partial charge on any atom is -0.470 e. The summed E-state index contributed by atoms with van der Waals surface area (Å²) in [6.07, 6.45) is 19.5. The van der Waals surface area contributed by atoms with Crippen LogP contribution in [0.15, 0.2) is 150 Å². The lowest BCUT2D eigenvalue weighted by Crippen LogP contribution is -2.54. The lowest BCUT2D eigenvalue weighted by atomic mass is 9.75. The number of aromatic nitrogens is 9. The molecule has 10 aliphatic rings. The average molecular weight is 1630 g/mol. The maximum atomic E-state index is 9.47. The number of ether oxygens (including phenoxy) is 6. The number of rotatable bonds is 18. The van der Waals surface area contributed by atoms with Gasteiger partial charge in [-0.3, -0.25) is 0 Å². The number of anilines is 6. The molecule has 0 radical (unpaired) electrons. The number of aliphatic hydroxyl groups is 3. The third-order valence-electron chi connectivity index (χ3n) is 24.3. The van der Waals surface area contributed by atoms with Crippen molar-refractivity contribution in [3.05, 3.63) is 161 Å². The summed E-state index contributed by atoms with van der Waals surface area (Å²) in [5, 5.41) is 31.7. The fourth-order valence-electron chi connectivity index (χ4n) is 16.0. The van der Waals surface area contributed by atoms with Crippen molar-refractivity contribution >= 4 is 96.6 Å². The molecule has 6 aromatic heterocycles. The number of fused-ring (bicyclic) bond motifs is 3. The van der Waals surface area contributed by atoms with Crippen LogP contribution < -0.4 is 43.6 Å². The largest absolute Gasteiger partial charge is 0.490 e. The minimum absolute atomic E-state index is 0.0466. The van der Waals surface area contributed by atoms with Crippen molar-refractivity contribution < 1.29 is 53.0 Å². The fraction of sp³-hybridized carbons (Fsp3) is 0.506. The van der Waals surface area contributed by atoms with Gasteiger partial charge in [0.25, 0.3) is 0 Å². The molecule has 8 saturated heterocycles. The molecule has 606 valence electrons. The Labute approximate surface area is 681 Å². The third-order valence-corrected chi connectivity index (χ3v) is 24.8. The molecule has 16 heterocycles. The molecule has 3 N–H and O–H groups in total. The van der Waals surface area contributed by atoms with Crippen molar-refractivity contribution in [2.24, 2.45) is 17.8 Å². The zero-order valence-corrected chi connectivity index (χ0v) is 68.1. The Morgan fingerprint density at radius 2 is 0.826 bits per heavy atom. The molecular weight excluding hydrogens is 1520 g/mol. The van der Waals surface area contributed by atoms with Gasteiger partial charge in [-0.25, -0.2) is 29.9 Å². The van der Waals surface area contributed by atoms with Crippen molar-refractivity contribution in [2.45, 2.75) is 127 Å². The number of para-hydroxylation sites is 3. The molecule has 0 atom stereocenters. The summed E-state index contributed by atoms with van der Waals surface area (Å²) in [6.45, 7) is 23.2. The lowest BCUT2D eigenvalue weighted by Gasteiger charge is -2.40. The van der Waals surface area contributed by atoms with Gasteiger partial charge in [0, 0.05) is 106 Å². The van der Waals surface area contributed by atoms with Crippen LogP contribution >= 0.6 is 15.9 Å². The van der Waals surface area contributed by atoms with Crippen LogP contribution in [0, 0.1) is 17.8 Å². The topological polar surface area (TPSA) is 270 Å². The van der Waals surface area contributed by atoms with Crippen LogP contribution in [0.4, 0.5) is 35.3 Å². The van der Waals surface area contributed by atoms with Gasteiger partial charge in [0.05, 0.1) is 110 Å². The van der Waals surface area contributed by atoms with E-state index in [-0.39, 0.29) is 56.5 Å². The number of pyridine rings is 3. The fourth-order valence-corrected chi connectivity index (χ4v) is 16.3. The number of nitrogens with zero attached hydrogens (tertiary/aromatic N) is 15. The molecule has 0 spiro atoms. The van der Waals surface area contributed by atoms with E-state index in [1.54, 1.807) is 6.20 Å². The monoisotopic (exact) mass is 1630 g/mol. The van der Waals surface area contributed by atoms with Gasteiger partial charge in [-0.15, -0.1) is 0 Å². The maximum absolute atomic E-state index is 9.47. The van der Waals surface area contributed by atoms with Gasteiger partial charge in [0.1, 0.15) is 35.8 Å². The smallest absolute Gasteiger partial charge is 0.470 e. The summed E-state index contributed by atoms with van der Waals surface area (Å²) in [5.41, 5.74) is 7.02. The van der Waals surface area contributed by atoms with E-state index < -0.39 is 0 Å². The predicted octanol–water partition coefficient (Wildman–Crippen LogP) is 11.9. The standard InChI is InChI=1S/C27H33N5O3.C27H31N5O3.C22H24BrN5O2.C11H19BO3/c2*33-18-19-7-11-31(12-8-19)27-28-15-23(20-9-13-34-14-10-20)26(30-27)35-22-16-32(17-22)25-6-5-21-3-1-2-4-24(21)29-25;23-18-11-24-22(27-9-7-15(14-29)8-10-27)26-21(18)30-17-12-28(13-17)20-6-5-16-3-1-2-4-19(16)25-20;1-10(2)11(3,4)15-12(14-10)9-5-7-13-8-6-9/h1-6,15,19-20,22,33H,7-14,16-18H2;1-6,9,15,19,22,33H,7-8,10-14,16-18H2;1-6,11,15,17,29H,7-10,12-14H2;5H,6-8H2,1-4H3. The molecule has 0 bridgehead atoms. The van der Waals surface area contributed by atoms with Crippen LogP contribution in [0.25, 0.3) is 38.3 Å². The van der Waals surface area contributed by atoms with Gasteiger partial charge in [-0.1, -0.05) is 66.7 Å². The molecule has 115 heavy (non-hydrogen) atoms. The molecule has 10 aliphatic heterocycles. The van der Waals surface area contributed by atoms with Crippen LogP contribution in [0.2, 0.25) is 0 Å². The average Bonchev–Trinajstić information content (AvgIpc) is 1.09. The van der Waals surface area contributed by atoms with Crippen LogP contribution in [-0.2, 0) is 23.5 Å². The van der Waals surface area contributed by atoms with Gasteiger partial charge < -0.3 is 82.4 Å². The highest BCUT2D eigenvalue weighted by molar-refractivity contribution is 9.10. The first-order valence-corrected chi connectivity index (χ1v) is 42.1. The summed E-state index contributed by atoms with van der Waals surface area (Å²) >= 11 is 3.52. The Morgan fingerprint density at radius 1 is 0.426 bits per heavy atom. The predicted molar refractivity (Wildman–Crippen MR) is 451 cm³/mol. The summed E-state index contributed by atoms with van der Waals surface area (Å²) in [4.78, 5) is 56.1. The zero-order valence-electron chi connectivity index (χ0n) is 66.5.